The summed E-state index contributed by atoms with van der Waals surface area (Å²) in [6, 6.07) is 5.76. The quantitative estimate of drug-likeness (QED) is 0.389. The Kier molecular flexibility index (Phi) is 5.92. The molecule has 2 fully saturated rings. The highest BCUT2D eigenvalue weighted by Gasteiger charge is 2.38. The largest absolute Gasteiger partial charge is 0.480 e. The average Bonchev–Trinajstić information content (AvgIpc) is 3.58. The Morgan fingerprint density at radius 3 is 2.62 bits per heavy atom. The molecule has 192 valence electrons. The molecule has 0 bridgehead atoms. The first-order valence-electron chi connectivity index (χ1n) is 11.4. The van der Waals surface area contributed by atoms with E-state index in [-0.39, 0.29) is 11.6 Å². The van der Waals surface area contributed by atoms with Crippen molar-refractivity contribution >= 4 is 43.1 Å². The van der Waals surface area contributed by atoms with Gasteiger partial charge in [0.15, 0.2) is 0 Å². The van der Waals surface area contributed by atoms with Crippen LogP contribution >= 0.6 is 11.3 Å². The Labute approximate surface area is 215 Å². The molecule has 1 N–H and O–H groups in total. The van der Waals surface area contributed by atoms with E-state index in [9.17, 15) is 17.2 Å². The second kappa shape index (κ2) is 9.15. The van der Waals surface area contributed by atoms with Gasteiger partial charge in [-0.25, -0.2) is 32.2 Å². The van der Waals surface area contributed by atoms with E-state index in [4.69, 9.17) is 9.47 Å². The second-order valence-corrected chi connectivity index (χ2v) is 11.6. The van der Waals surface area contributed by atoms with E-state index in [1.54, 1.807) is 18.6 Å². The summed E-state index contributed by atoms with van der Waals surface area (Å²) in [6.07, 6.45) is 3.11. The molecule has 0 aliphatic carbocycles. The SMILES string of the molecule is COc1ncc(-c2cc3c(N4CC5COCC5C4)ncnc3s2)cc1NS(=O)(=O)c1ccc(F)cc1F. The first-order chi connectivity index (χ1) is 17.8. The lowest BCUT2D eigenvalue weighted by molar-refractivity contribution is 0.177. The molecule has 13 heteroatoms. The summed E-state index contributed by atoms with van der Waals surface area (Å²) in [5.74, 6) is -0.233. The number of hydrogen-bond donors (Lipinski definition) is 1. The van der Waals surface area contributed by atoms with Gasteiger partial charge in [-0.1, -0.05) is 0 Å². The van der Waals surface area contributed by atoms with E-state index in [0.717, 1.165) is 59.3 Å². The van der Waals surface area contributed by atoms with Crippen LogP contribution in [0.5, 0.6) is 5.88 Å². The van der Waals surface area contributed by atoms with Crippen LogP contribution in [-0.2, 0) is 14.8 Å². The number of halogens is 2. The molecule has 0 amide bonds. The Morgan fingerprint density at radius 1 is 1.11 bits per heavy atom. The number of nitrogens with one attached hydrogen (secondary N) is 1. The van der Waals surface area contributed by atoms with Gasteiger partial charge < -0.3 is 14.4 Å². The maximum Gasteiger partial charge on any atom is 0.264 e. The van der Waals surface area contributed by atoms with E-state index in [1.807, 2.05) is 6.07 Å². The highest BCUT2D eigenvalue weighted by Crippen LogP contribution is 2.40. The van der Waals surface area contributed by atoms with Gasteiger partial charge in [-0.2, -0.15) is 0 Å². The maximum atomic E-state index is 14.2. The Balaban J connectivity index is 1.35. The highest BCUT2D eigenvalue weighted by atomic mass is 32.2. The molecule has 4 aromatic rings. The van der Waals surface area contributed by atoms with Gasteiger partial charge in [0.05, 0.1) is 25.7 Å². The molecule has 2 unspecified atom stereocenters. The van der Waals surface area contributed by atoms with Gasteiger partial charge in [0.1, 0.15) is 39.2 Å². The average molecular weight is 546 g/mol. The number of anilines is 2. The number of pyridine rings is 1. The molecule has 2 aliphatic rings. The minimum Gasteiger partial charge on any atom is -0.480 e. The van der Waals surface area contributed by atoms with Crippen molar-refractivity contribution in [2.75, 3.05) is 43.0 Å². The molecule has 2 aliphatic heterocycles. The normalized spacial score (nSPS) is 19.4. The summed E-state index contributed by atoms with van der Waals surface area (Å²) in [7, 11) is -3.05. The van der Waals surface area contributed by atoms with Gasteiger partial charge in [-0.05, 0) is 24.3 Å². The Morgan fingerprint density at radius 2 is 1.89 bits per heavy atom. The summed E-state index contributed by atoms with van der Waals surface area (Å²) in [4.78, 5) is 16.4. The first-order valence-corrected chi connectivity index (χ1v) is 13.7. The molecular formula is C24H21F2N5O4S2. The van der Waals surface area contributed by atoms with Gasteiger partial charge in [0.2, 0.25) is 5.88 Å². The van der Waals surface area contributed by atoms with Crippen LogP contribution in [0.15, 0.2) is 47.8 Å². The predicted octanol–water partition coefficient (Wildman–Crippen LogP) is 3.92. The molecule has 0 spiro atoms. The van der Waals surface area contributed by atoms with Gasteiger partial charge in [0.25, 0.3) is 10.0 Å². The van der Waals surface area contributed by atoms with E-state index in [0.29, 0.717) is 23.5 Å². The summed E-state index contributed by atoms with van der Waals surface area (Å²) in [6.45, 7) is 3.28. The minimum atomic E-state index is -4.39. The van der Waals surface area contributed by atoms with Crippen molar-refractivity contribution in [3.8, 4) is 16.3 Å². The topological polar surface area (TPSA) is 107 Å². The third kappa shape index (κ3) is 4.36. The van der Waals surface area contributed by atoms with E-state index in [2.05, 4.69) is 24.6 Å². The Bertz CT molecular complexity index is 1600. The molecule has 3 aromatic heterocycles. The second-order valence-electron chi connectivity index (χ2n) is 8.95. The number of aromatic nitrogens is 3. The van der Waals surface area contributed by atoms with Crippen LogP contribution in [0.25, 0.3) is 20.7 Å². The van der Waals surface area contributed by atoms with Crippen LogP contribution in [0.2, 0.25) is 0 Å². The number of benzene rings is 1. The van der Waals surface area contributed by atoms with Crippen LogP contribution in [-0.4, -0.2) is 56.8 Å². The first kappa shape index (κ1) is 23.9. The fourth-order valence-corrected chi connectivity index (χ4v) is 6.90. The molecular weight excluding hydrogens is 524 g/mol. The smallest absolute Gasteiger partial charge is 0.264 e. The maximum absolute atomic E-state index is 14.2. The lowest BCUT2D eigenvalue weighted by Gasteiger charge is -2.18. The Hall–Kier alpha value is -3.42. The zero-order valence-corrected chi connectivity index (χ0v) is 21.2. The van der Waals surface area contributed by atoms with Crippen molar-refractivity contribution < 1.29 is 26.7 Å². The van der Waals surface area contributed by atoms with Crippen LogP contribution in [0.3, 0.4) is 0 Å². The number of thiophene rings is 1. The molecule has 2 atom stereocenters. The lowest BCUT2D eigenvalue weighted by Crippen LogP contribution is -2.23. The fraction of sp³-hybridized carbons (Fsp3) is 0.292. The van der Waals surface area contributed by atoms with E-state index >= 15 is 0 Å². The monoisotopic (exact) mass is 545 g/mol. The van der Waals surface area contributed by atoms with Crippen molar-refractivity contribution in [1.29, 1.82) is 0 Å². The molecule has 1 aromatic carbocycles. The number of sulfonamides is 1. The number of rotatable bonds is 6. The van der Waals surface area contributed by atoms with Crippen LogP contribution in [0, 0.1) is 23.5 Å². The number of ether oxygens (including phenoxy) is 2. The minimum absolute atomic E-state index is 0.00210. The van der Waals surface area contributed by atoms with Crippen LogP contribution in [0.1, 0.15) is 0 Å². The summed E-state index contributed by atoms with van der Waals surface area (Å²) in [5.41, 5.74) is 0.624. The van der Waals surface area contributed by atoms with Gasteiger partial charge in [-0.3, -0.25) is 4.72 Å². The zero-order chi connectivity index (χ0) is 25.7. The molecule has 5 heterocycles. The molecule has 37 heavy (non-hydrogen) atoms. The number of nitrogens with zero attached hydrogens (tertiary/aromatic N) is 4. The third-order valence-corrected chi connectivity index (χ3v) is 9.10. The van der Waals surface area contributed by atoms with E-state index < -0.39 is 26.6 Å². The van der Waals surface area contributed by atoms with Crippen molar-refractivity contribution in [1.82, 2.24) is 15.0 Å². The van der Waals surface area contributed by atoms with Crippen molar-refractivity contribution in [2.24, 2.45) is 11.8 Å². The van der Waals surface area contributed by atoms with Crippen LogP contribution < -0.4 is 14.4 Å². The molecule has 6 rings (SSSR count). The third-order valence-electron chi connectivity index (χ3n) is 6.60. The van der Waals surface area contributed by atoms with Gasteiger partial charge >= 0.3 is 0 Å². The lowest BCUT2D eigenvalue weighted by atomic mass is 10.0. The van der Waals surface area contributed by atoms with E-state index in [1.165, 1.54) is 18.4 Å². The van der Waals surface area contributed by atoms with Crippen molar-refractivity contribution in [3.05, 3.63) is 54.5 Å². The summed E-state index contributed by atoms with van der Waals surface area (Å²) >= 11 is 1.42. The van der Waals surface area contributed by atoms with Crippen molar-refractivity contribution in [2.45, 2.75) is 4.90 Å². The van der Waals surface area contributed by atoms with Gasteiger partial charge in [-0.15, -0.1) is 11.3 Å². The summed E-state index contributed by atoms with van der Waals surface area (Å²) < 4.78 is 66.4. The standard InChI is InChI=1S/C24H21F2N5O4S2/c1-34-23-19(30-37(32,33)21-3-2-16(25)5-18(21)26)4-13(7-27-23)20-6-17-22(28-12-29-24(17)36-20)31-8-14-10-35-11-15(14)9-31/h2-7,12,14-15,30H,8-11H2,1H3. The summed E-state index contributed by atoms with van der Waals surface area (Å²) in [5, 5.41) is 0.898. The molecule has 2 saturated heterocycles. The highest BCUT2D eigenvalue weighted by molar-refractivity contribution is 7.92. The number of hydrogen-bond acceptors (Lipinski definition) is 9. The van der Waals surface area contributed by atoms with Crippen molar-refractivity contribution in [3.63, 3.8) is 0 Å². The van der Waals surface area contributed by atoms with Crippen LogP contribution in [0.4, 0.5) is 20.3 Å². The number of methoxy groups -OCH3 is 1. The molecule has 0 saturated carbocycles. The predicted molar refractivity (Wildman–Crippen MR) is 134 cm³/mol. The van der Waals surface area contributed by atoms with Gasteiger partial charge in [0, 0.05) is 47.6 Å². The number of fused-ring (bicyclic) bond motifs is 2. The fourth-order valence-electron chi connectivity index (χ4n) is 4.81. The zero-order valence-electron chi connectivity index (χ0n) is 19.5. The molecule has 0 radical (unpaired) electrons. The molecule has 9 nitrogen and oxygen atoms in total.